The number of carbonyl (C=O) groups is 1. The van der Waals surface area contributed by atoms with Crippen LogP contribution < -0.4 is 11.4 Å². The maximum Gasteiger partial charge on any atom is 0.340 e. The second-order valence-electron chi connectivity index (χ2n) is 5.06. The van der Waals surface area contributed by atoms with Gasteiger partial charge in [-0.2, -0.15) is 3.97 Å². The molecule has 0 saturated carbocycles. The third-order valence-corrected chi connectivity index (χ3v) is 5.14. The molecule has 0 fully saturated rings. The first kappa shape index (κ1) is 15.0. The van der Waals surface area contributed by atoms with E-state index in [1.165, 1.54) is 49.4 Å². The van der Waals surface area contributed by atoms with E-state index in [-0.39, 0.29) is 21.8 Å². The van der Waals surface area contributed by atoms with Crippen LogP contribution in [0.2, 0.25) is 0 Å². The van der Waals surface area contributed by atoms with Gasteiger partial charge in [0.25, 0.3) is 10.0 Å². The fourth-order valence-corrected chi connectivity index (χ4v) is 3.75. The number of rotatable bonds is 3. The molecule has 0 spiro atoms. The number of nitrogens with one attached hydrogen (secondary N) is 1. The lowest BCUT2D eigenvalue weighted by molar-refractivity contribution is 0.101. The number of nitrogens with zero attached hydrogens (tertiary/aromatic N) is 1. The van der Waals surface area contributed by atoms with Gasteiger partial charge < -0.3 is 10.7 Å². The van der Waals surface area contributed by atoms with Crippen molar-refractivity contribution in [3.8, 4) is 0 Å². The Balaban J connectivity index is 2.29. The van der Waals surface area contributed by atoms with Gasteiger partial charge in [0.1, 0.15) is 0 Å². The van der Waals surface area contributed by atoms with Crippen molar-refractivity contribution in [1.82, 2.24) is 8.96 Å². The summed E-state index contributed by atoms with van der Waals surface area (Å²) in [6.45, 7) is 1.34. The summed E-state index contributed by atoms with van der Waals surface area (Å²) in [4.78, 5) is 25.9. The number of hydrogen-bond acceptors (Lipinski definition) is 5. The summed E-state index contributed by atoms with van der Waals surface area (Å²) >= 11 is 0. The number of carbonyl (C=O) groups excluding carboxylic acids is 1. The molecule has 7 nitrogen and oxygen atoms in total. The average molecular weight is 331 g/mol. The Bertz CT molecular complexity index is 1090. The molecule has 1 heterocycles. The van der Waals surface area contributed by atoms with Crippen LogP contribution in [-0.2, 0) is 10.0 Å². The Morgan fingerprint density at radius 2 is 1.91 bits per heavy atom. The van der Waals surface area contributed by atoms with Gasteiger partial charge in [-0.25, -0.2) is 13.2 Å². The topological polar surface area (TPSA) is 115 Å². The first-order valence-electron chi connectivity index (χ1n) is 6.67. The number of aromatic nitrogens is 2. The summed E-state index contributed by atoms with van der Waals surface area (Å²) in [5.74, 6) is -0.263. The van der Waals surface area contributed by atoms with Gasteiger partial charge in [-0.05, 0) is 37.3 Å². The van der Waals surface area contributed by atoms with Gasteiger partial charge in [-0.15, -0.1) is 0 Å². The molecule has 0 amide bonds. The van der Waals surface area contributed by atoms with Crippen molar-refractivity contribution >= 4 is 32.5 Å². The predicted octanol–water partition coefficient (Wildman–Crippen LogP) is 1.35. The second-order valence-corrected chi connectivity index (χ2v) is 6.85. The molecule has 0 bridgehead atoms. The van der Waals surface area contributed by atoms with Crippen LogP contribution in [0.3, 0.4) is 0 Å². The molecule has 118 valence electrons. The molecule has 0 aliphatic rings. The van der Waals surface area contributed by atoms with E-state index in [0.29, 0.717) is 15.2 Å². The van der Waals surface area contributed by atoms with E-state index in [1.54, 1.807) is 0 Å². The molecule has 23 heavy (non-hydrogen) atoms. The van der Waals surface area contributed by atoms with Crippen LogP contribution in [0.5, 0.6) is 0 Å². The molecule has 3 aromatic rings. The van der Waals surface area contributed by atoms with Gasteiger partial charge in [0.05, 0.1) is 15.9 Å². The third kappa shape index (κ3) is 2.42. The van der Waals surface area contributed by atoms with Crippen molar-refractivity contribution in [2.45, 2.75) is 11.8 Å². The standard InChI is InChI=1S/C15H13N3O4S/c1-9(19)10-3-2-4-12(7-10)23(21,22)18-14-6-5-11(16)8-13(14)17-15(18)20/h2-8H,16H2,1H3,(H,17,20). The SMILES string of the molecule is CC(=O)c1cccc(S(=O)(=O)n2c(=O)[nH]c3cc(N)ccc32)c1. The normalized spacial score (nSPS) is 11.7. The van der Waals surface area contributed by atoms with Crippen LogP contribution in [0.1, 0.15) is 17.3 Å². The van der Waals surface area contributed by atoms with Crippen molar-refractivity contribution in [1.29, 1.82) is 0 Å². The van der Waals surface area contributed by atoms with Gasteiger partial charge in [0, 0.05) is 11.3 Å². The van der Waals surface area contributed by atoms with Crippen molar-refractivity contribution in [3.05, 3.63) is 58.5 Å². The maximum atomic E-state index is 12.8. The first-order valence-corrected chi connectivity index (χ1v) is 8.11. The summed E-state index contributed by atoms with van der Waals surface area (Å²) in [5, 5.41) is 0. The van der Waals surface area contributed by atoms with Crippen LogP contribution in [0.4, 0.5) is 5.69 Å². The molecule has 1 aromatic heterocycles. The van der Waals surface area contributed by atoms with E-state index in [4.69, 9.17) is 5.73 Å². The first-order chi connectivity index (χ1) is 10.8. The highest BCUT2D eigenvalue weighted by atomic mass is 32.2. The minimum Gasteiger partial charge on any atom is -0.399 e. The number of ketones is 1. The summed E-state index contributed by atoms with van der Waals surface area (Å²) in [6.07, 6.45) is 0. The minimum absolute atomic E-state index is 0.134. The van der Waals surface area contributed by atoms with E-state index in [1.807, 2.05) is 0 Å². The predicted molar refractivity (Wildman–Crippen MR) is 86.0 cm³/mol. The van der Waals surface area contributed by atoms with Gasteiger partial charge in [0.15, 0.2) is 5.78 Å². The number of Topliss-reactive ketones (excluding diaryl/α,β-unsaturated/α-hetero) is 1. The van der Waals surface area contributed by atoms with Crippen molar-refractivity contribution < 1.29 is 13.2 Å². The van der Waals surface area contributed by atoms with E-state index in [9.17, 15) is 18.0 Å². The quantitative estimate of drug-likeness (QED) is 0.555. The Morgan fingerprint density at radius 3 is 2.61 bits per heavy atom. The van der Waals surface area contributed by atoms with Crippen LogP contribution in [0.25, 0.3) is 11.0 Å². The summed E-state index contributed by atoms with van der Waals surface area (Å²) < 4.78 is 26.2. The monoisotopic (exact) mass is 331 g/mol. The van der Waals surface area contributed by atoms with E-state index < -0.39 is 15.7 Å². The maximum absolute atomic E-state index is 12.8. The molecular weight excluding hydrogens is 318 g/mol. The zero-order chi connectivity index (χ0) is 16.8. The molecule has 0 radical (unpaired) electrons. The van der Waals surface area contributed by atoms with Crippen molar-refractivity contribution in [2.75, 3.05) is 5.73 Å². The third-order valence-electron chi connectivity index (χ3n) is 3.44. The number of imidazole rings is 1. The Hall–Kier alpha value is -2.87. The Labute approximate surface area is 131 Å². The zero-order valence-electron chi connectivity index (χ0n) is 12.1. The van der Waals surface area contributed by atoms with Gasteiger partial charge >= 0.3 is 5.69 Å². The molecule has 3 N–H and O–H groups in total. The number of benzene rings is 2. The molecule has 0 aliphatic carbocycles. The smallest absolute Gasteiger partial charge is 0.340 e. The summed E-state index contributed by atoms with van der Waals surface area (Å²) in [6, 6.07) is 10.0. The highest BCUT2D eigenvalue weighted by molar-refractivity contribution is 7.90. The number of nitrogens with two attached hydrogens (primary N) is 1. The molecule has 8 heteroatoms. The fraction of sp³-hybridized carbons (Fsp3) is 0.0667. The lowest BCUT2D eigenvalue weighted by Gasteiger charge is -2.07. The molecule has 0 saturated heterocycles. The van der Waals surface area contributed by atoms with Gasteiger partial charge in [-0.1, -0.05) is 12.1 Å². The Morgan fingerprint density at radius 1 is 1.17 bits per heavy atom. The van der Waals surface area contributed by atoms with E-state index in [0.717, 1.165) is 0 Å². The molecule has 2 aromatic carbocycles. The van der Waals surface area contributed by atoms with Crippen LogP contribution in [0, 0.1) is 0 Å². The lowest BCUT2D eigenvalue weighted by Crippen LogP contribution is -2.25. The number of aromatic amines is 1. The average Bonchev–Trinajstić information content (AvgIpc) is 2.82. The van der Waals surface area contributed by atoms with Crippen molar-refractivity contribution in [2.24, 2.45) is 0 Å². The van der Waals surface area contributed by atoms with Crippen LogP contribution >= 0.6 is 0 Å². The lowest BCUT2D eigenvalue weighted by atomic mass is 10.2. The molecule has 0 unspecified atom stereocenters. The molecule has 3 rings (SSSR count). The number of hydrogen-bond donors (Lipinski definition) is 2. The number of anilines is 1. The fourth-order valence-electron chi connectivity index (χ4n) is 2.33. The number of fused-ring (bicyclic) bond motifs is 1. The Kier molecular flexibility index (Phi) is 3.33. The second kappa shape index (κ2) is 5.10. The van der Waals surface area contributed by atoms with E-state index in [2.05, 4.69) is 4.98 Å². The summed E-state index contributed by atoms with van der Waals surface area (Å²) in [7, 11) is -4.14. The number of H-pyrrole nitrogens is 1. The van der Waals surface area contributed by atoms with Gasteiger partial charge in [0.2, 0.25) is 0 Å². The number of nitrogen functional groups attached to an aromatic ring is 1. The minimum atomic E-state index is -4.14. The highest BCUT2D eigenvalue weighted by Gasteiger charge is 2.23. The van der Waals surface area contributed by atoms with Crippen molar-refractivity contribution in [3.63, 3.8) is 0 Å². The highest BCUT2D eigenvalue weighted by Crippen LogP contribution is 2.20. The van der Waals surface area contributed by atoms with E-state index >= 15 is 0 Å². The zero-order valence-corrected chi connectivity index (χ0v) is 12.9. The van der Waals surface area contributed by atoms with Crippen LogP contribution in [-0.4, -0.2) is 23.2 Å². The van der Waals surface area contributed by atoms with Crippen LogP contribution in [0.15, 0.2) is 52.2 Å². The molecular formula is C15H13N3O4S. The largest absolute Gasteiger partial charge is 0.399 e. The van der Waals surface area contributed by atoms with Gasteiger partial charge in [-0.3, -0.25) is 4.79 Å². The summed E-state index contributed by atoms with van der Waals surface area (Å²) in [5.41, 5.74) is 6.02. The molecule has 0 atom stereocenters. The molecule has 0 aliphatic heterocycles.